The normalized spacial score (nSPS) is 11.2. The van der Waals surface area contributed by atoms with E-state index in [0.29, 0.717) is 0 Å². The molecule has 1 aliphatic heterocycles. The van der Waals surface area contributed by atoms with Gasteiger partial charge in [0.25, 0.3) is 0 Å². The van der Waals surface area contributed by atoms with E-state index in [0.717, 1.165) is 6.54 Å². The summed E-state index contributed by atoms with van der Waals surface area (Å²) >= 11 is 0. The maximum absolute atomic E-state index is 4.47. The molecule has 0 aliphatic carbocycles. The molecule has 3 aromatic rings. The molecule has 1 aromatic carbocycles. The lowest BCUT2D eigenvalue weighted by Crippen LogP contribution is -1.90. The Morgan fingerprint density at radius 3 is 2.53 bits per heavy atom. The highest BCUT2D eigenvalue weighted by Gasteiger charge is 2.05. The molecule has 1 N–H and O–H groups in total. The van der Waals surface area contributed by atoms with Crippen LogP contribution in [0.1, 0.15) is 5.56 Å². The molecule has 98 valence electrons. The van der Waals surface area contributed by atoms with Crippen LogP contribution in [0, 0.1) is 0 Å². The largest absolute Gasteiger partial charge is 0.452 e. The first-order valence-electron chi connectivity index (χ1n) is 5.95. The van der Waals surface area contributed by atoms with Crippen molar-refractivity contribution >= 4 is 5.69 Å². The Morgan fingerprint density at radius 2 is 2.00 bits per heavy atom. The van der Waals surface area contributed by atoms with Crippen LogP contribution in [0.25, 0.3) is 0 Å². The Hall–Kier alpha value is -2.56. The Labute approximate surface area is 111 Å². The number of nitrogens with zero attached hydrogens (tertiary/aromatic N) is 2. The monoisotopic (exact) mass is 257 g/mol. The van der Waals surface area contributed by atoms with Gasteiger partial charge in [-0.05, 0) is 24.1 Å². The summed E-state index contributed by atoms with van der Waals surface area (Å²) in [7, 11) is 0. The van der Waals surface area contributed by atoms with E-state index in [4.69, 9.17) is 0 Å². The van der Waals surface area contributed by atoms with Gasteiger partial charge in [-0.15, -0.1) is 0 Å². The number of para-hydroxylation sites is 1. The molecule has 0 radical (unpaired) electrons. The van der Waals surface area contributed by atoms with Gasteiger partial charge in [-0.1, -0.05) is 23.4 Å². The quantitative estimate of drug-likeness (QED) is 0.670. The summed E-state index contributed by atoms with van der Waals surface area (Å²) in [5.74, 6) is 0. The van der Waals surface area contributed by atoms with Crippen molar-refractivity contribution in [3.8, 4) is 0 Å². The first kappa shape index (κ1) is 12.9. The van der Waals surface area contributed by atoms with Crippen molar-refractivity contribution in [1.29, 1.82) is 0 Å². The van der Waals surface area contributed by atoms with E-state index in [1.54, 1.807) is 18.5 Å². The number of hydrogen-bond acceptors (Lipinski definition) is 5. The highest BCUT2D eigenvalue weighted by Crippen LogP contribution is 2.19. The molecule has 5 nitrogen and oxygen atoms in total. The van der Waals surface area contributed by atoms with Crippen LogP contribution in [0.4, 0.5) is 5.69 Å². The van der Waals surface area contributed by atoms with Crippen molar-refractivity contribution in [3.63, 3.8) is 0 Å². The van der Waals surface area contributed by atoms with Crippen LogP contribution in [-0.4, -0.2) is 16.7 Å². The summed E-state index contributed by atoms with van der Waals surface area (Å²) in [6, 6.07) is 10.2. The van der Waals surface area contributed by atoms with E-state index in [2.05, 4.69) is 48.7 Å². The van der Waals surface area contributed by atoms with E-state index in [-0.39, 0.29) is 0 Å². The van der Waals surface area contributed by atoms with Crippen LogP contribution < -0.4 is 5.32 Å². The summed E-state index contributed by atoms with van der Waals surface area (Å²) in [6.45, 7) is 1.11. The number of rotatable bonds is 0. The van der Waals surface area contributed by atoms with Crippen LogP contribution in [-0.2, 0) is 6.42 Å². The smallest absolute Gasteiger partial charge is 0.180 e. The van der Waals surface area contributed by atoms with Crippen molar-refractivity contribution < 1.29 is 8.94 Å². The summed E-state index contributed by atoms with van der Waals surface area (Å²) in [5.41, 5.74) is 2.77. The van der Waals surface area contributed by atoms with Gasteiger partial charge < -0.3 is 14.3 Å². The van der Waals surface area contributed by atoms with Gasteiger partial charge in [0.15, 0.2) is 6.39 Å². The Balaban J connectivity index is 0.000000114. The van der Waals surface area contributed by atoms with Gasteiger partial charge in [-0.25, -0.2) is 4.98 Å². The number of aromatic nitrogens is 2. The lowest BCUT2D eigenvalue weighted by molar-refractivity contribution is 0.420. The molecule has 0 atom stereocenters. The minimum atomic E-state index is 1.11. The van der Waals surface area contributed by atoms with E-state index < -0.39 is 0 Å². The van der Waals surface area contributed by atoms with Crippen molar-refractivity contribution in [1.82, 2.24) is 10.1 Å². The fourth-order valence-electron chi connectivity index (χ4n) is 1.59. The zero-order chi connectivity index (χ0) is 13.2. The number of hydrogen-bond donors (Lipinski definition) is 1. The number of fused-ring (bicyclic) bond motifs is 1. The number of oxazole rings is 1. The number of nitrogens with one attached hydrogen (secondary N) is 1. The minimum absolute atomic E-state index is 1.11. The second kappa shape index (κ2) is 7.71. The number of anilines is 1. The van der Waals surface area contributed by atoms with Gasteiger partial charge in [0.2, 0.25) is 0 Å². The fraction of sp³-hybridized carbons (Fsp3) is 0.143. The Kier molecular flexibility index (Phi) is 5.23. The van der Waals surface area contributed by atoms with Gasteiger partial charge in [0.1, 0.15) is 12.5 Å². The van der Waals surface area contributed by atoms with Crippen LogP contribution in [0.2, 0.25) is 0 Å². The molecule has 0 spiro atoms. The predicted octanol–water partition coefficient (Wildman–Crippen LogP) is 3.00. The Morgan fingerprint density at radius 1 is 1.05 bits per heavy atom. The molecule has 0 bridgehead atoms. The third-order valence-corrected chi connectivity index (χ3v) is 2.42. The molecular weight excluding hydrogens is 242 g/mol. The molecule has 0 unspecified atom stereocenters. The highest BCUT2D eigenvalue weighted by atomic mass is 16.5. The second-order valence-electron chi connectivity index (χ2n) is 3.70. The van der Waals surface area contributed by atoms with Gasteiger partial charge in [-0.2, -0.15) is 0 Å². The SMILES string of the molecule is c1ccc2c(c1)CCN2.c1cnoc1.c1cocn1. The Bertz CT molecular complexity index is 452. The molecule has 5 heteroatoms. The molecule has 3 heterocycles. The standard InChI is InChI=1S/C8H9N.2C3H3NO/c1-2-4-8-7(3-1)5-6-9-8;1-2-5-3-4-1;1-2-4-5-3-1/h1-4,9H,5-6H2;2*1-3H. The molecule has 2 aromatic heterocycles. The molecule has 0 saturated heterocycles. The minimum Gasteiger partial charge on any atom is -0.452 e. The molecule has 19 heavy (non-hydrogen) atoms. The zero-order valence-corrected chi connectivity index (χ0v) is 10.4. The average Bonchev–Trinajstić information content (AvgIpc) is 3.22. The molecule has 0 fully saturated rings. The fourth-order valence-corrected chi connectivity index (χ4v) is 1.59. The maximum atomic E-state index is 4.47. The third kappa shape index (κ3) is 4.67. The van der Waals surface area contributed by atoms with Crippen LogP contribution >= 0.6 is 0 Å². The molecule has 0 saturated carbocycles. The first-order chi connectivity index (χ1) is 9.47. The van der Waals surface area contributed by atoms with Crippen molar-refractivity contribution in [2.75, 3.05) is 11.9 Å². The summed E-state index contributed by atoms with van der Waals surface area (Å²) < 4.78 is 8.81. The predicted molar refractivity (Wildman–Crippen MR) is 71.6 cm³/mol. The van der Waals surface area contributed by atoms with Gasteiger partial charge in [0, 0.05) is 12.2 Å². The molecule has 0 amide bonds. The lowest BCUT2D eigenvalue weighted by Gasteiger charge is -1.94. The van der Waals surface area contributed by atoms with Crippen molar-refractivity contribution in [3.05, 3.63) is 67.2 Å². The maximum Gasteiger partial charge on any atom is 0.180 e. The highest BCUT2D eigenvalue weighted by molar-refractivity contribution is 5.54. The van der Waals surface area contributed by atoms with Crippen molar-refractivity contribution in [2.24, 2.45) is 0 Å². The zero-order valence-electron chi connectivity index (χ0n) is 10.4. The van der Waals surface area contributed by atoms with Gasteiger partial charge in [0.05, 0.1) is 12.4 Å². The van der Waals surface area contributed by atoms with Crippen LogP contribution in [0.3, 0.4) is 0 Å². The van der Waals surface area contributed by atoms with E-state index >= 15 is 0 Å². The second-order valence-corrected chi connectivity index (χ2v) is 3.70. The topological polar surface area (TPSA) is 64.1 Å². The van der Waals surface area contributed by atoms with Crippen LogP contribution in [0.5, 0.6) is 0 Å². The average molecular weight is 257 g/mol. The summed E-state index contributed by atoms with van der Waals surface area (Å²) in [4.78, 5) is 3.56. The third-order valence-electron chi connectivity index (χ3n) is 2.42. The van der Waals surface area contributed by atoms with Gasteiger partial charge >= 0.3 is 0 Å². The van der Waals surface area contributed by atoms with Gasteiger partial charge in [-0.3, -0.25) is 0 Å². The van der Waals surface area contributed by atoms with E-state index in [1.165, 1.54) is 36.6 Å². The van der Waals surface area contributed by atoms with Crippen LogP contribution in [0.15, 0.2) is 70.6 Å². The molecule has 4 rings (SSSR count). The molecule has 1 aliphatic rings. The summed E-state index contributed by atoms with van der Waals surface area (Å²) in [6.07, 6.45) is 8.76. The van der Waals surface area contributed by atoms with E-state index in [1.807, 2.05) is 0 Å². The lowest BCUT2D eigenvalue weighted by atomic mass is 10.2. The van der Waals surface area contributed by atoms with Crippen molar-refractivity contribution in [2.45, 2.75) is 6.42 Å². The first-order valence-corrected chi connectivity index (χ1v) is 5.95. The summed E-state index contributed by atoms with van der Waals surface area (Å²) in [5, 5.41) is 6.65. The molecular formula is C14H15N3O2. The number of benzene rings is 1. The van der Waals surface area contributed by atoms with E-state index in [9.17, 15) is 0 Å².